The maximum atomic E-state index is 11.8. The Balaban J connectivity index is 1.86. The summed E-state index contributed by atoms with van der Waals surface area (Å²) in [6.07, 6.45) is -0.729. The van der Waals surface area contributed by atoms with E-state index in [0.29, 0.717) is 5.75 Å². The fourth-order valence-corrected chi connectivity index (χ4v) is 2.79. The highest BCUT2D eigenvalue weighted by Gasteiger charge is 2.22. The van der Waals surface area contributed by atoms with Gasteiger partial charge >= 0.3 is 0 Å². The number of aliphatic hydroxyl groups excluding tert-OH is 1. The Morgan fingerprint density at radius 2 is 2.53 bits per heavy atom. The molecule has 1 aliphatic rings. The normalized spacial score (nSPS) is 20.0. The molecule has 1 saturated heterocycles. The van der Waals surface area contributed by atoms with Crippen LogP contribution in [-0.2, 0) is 4.79 Å². The average molecular weight is 282 g/mol. The molecule has 3 N–H and O–H groups in total. The third-order valence-electron chi connectivity index (χ3n) is 2.98. The topological polar surface area (TPSA) is 70.6 Å². The molecule has 1 aliphatic heterocycles. The Bertz CT molecular complexity index is 436. The number of thioether (sulfide) groups is 1. The maximum Gasteiger partial charge on any atom is 0.238 e. The summed E-state index contributed by atoms with van der Waals surface area (Å²) in [6, 6.07) is 7.05. The van der Waals surface area contributed by atoms with Gasteiger partial charge in [0, 0.05) is 18.2 Å². The zero-order valence-corrected chi connectivity index (χ0v) is 11.6. The summed E-state index contributed by atoms with van der Waals surface area (Å²) in [5.74, 6) is 2.21. The highest BCUT2D eigenvalue weighted by Crippen LogP contribution is 2.18. The van der Waals surface area contributed by atoms with Crippen LogP contribution in [0.2, 0.25) is 0 Å². The molecular formula is C13H18N2O3S. The molecule has 1 aromatic carbocycles. The second kappa shape index (κ2) is 6.79. The molecule has 2 atom stereocenters. The minimum absolute atomic E-state index is 0.0630. The second-order valence-electron chi connectivity index (χ2n) is 4.31. The summed E-state index contributed by atoms with van der Waals surface area (Å²) in [6.45, 7) is 0.203. The van der Waals surface area contributed by atoms with E-state index in [9.17, 15) is 9.90 Å². The predicted octanol–water partition coefficient (Wildman–Crippen LogP) is 0.507. The number of ether oxygens (including phenoxy) is 1. The van der Waals surface area contributed by atoms with E-state index in [1.54, 1.807) is 24.9 Å². The first-order chi connectivity index (χ1) is 9.20. The van der Waals surface area contributed by atoms with Crippen molar-refractivity contribution in [1.82, 2.24) is 10.6 Å². The lowest BCUT2D eigenvalue weighted by atomic mass is 10.1. The van der Waals surface area contributed by atoms with Crippen LogP contribution in [0.1, 0.15) is 11.7 Å². The lowest BCUT2D eigenvalue weighted by Gasteiger charge is -2.15. The molecule has 2 unspecified atom stereocenters. The second-order valence-corrected chi connectivity index (χ2v) is 5.34. The molecule has 1 amide bonds. The molecular weight excluding hydrogens is 264 g/mol. The summed E-state index contributed by atoms with van der Waals surface area (Å²) >= 11 is 1.70. The molecule has 2 rings (SSSR count). The number of hydrogen-bond donors (Lipinski definition) is 3. The number of carbonyl (C=O) groups excluding carboxylic acids is 1. The lowest BCUT2D eigenvalue weighted by molar-refractivity contribution is -0.122. The van der Waals surface area contributed by atoms with Gasteiger partial charge in [-0.05, 0) is 17.7 Å². The van der Waals surface area contributed by atoms with Gasteiger partial charge in [-0.2, -0.15) is 0 Å². The molecule has 0 saturated carbocycles. The van der Waals surface area contributed by atoms with Gasteiger partial charge in [-0.25, -0.2) is 0 Å². The van der Waals surface area contributed by atoms with Crippen LogP contribution in [0.15, 0.2) is 24.3 Å². The molecule has 0 aliphatic carbocycles. The van der Waals surface area contributed by atoms with Gasteiger partial charge in [0.25, 0.3) is 0 Å². The predicted molar refractivity (Wildman–Crippen MR) is 75.2 cm³/mol. The molecule has 1 aromatic rings. The molecule has 6 heteroatoms. The summed E-state index contributed by atoms with van der Waals surface area (Å²) in [5.41, 5.74) is 0.730. The van der Waals surface area contributed by atoms with Gasteiger partial charge in [0.15, 0.2) is 0 Å². The molecule has 0 aromatic heterocycles. The standard InChI is InChI=1S/C13H18N2O3S/c1-18-10-4-2-3-9(5-10)12(16)6-14-13(17)11-7-19-8-15-11/h2-5,11-12,15-16H,6-8H2,1H3,(H,14,17). The zero-order chi connectivity index (χ0) is 13.7. The van der Waals surface area contributed by atoms with Gasteiger partial charge in [-0.15, -0.1) is 11.8 Å². The maximum absolute atomic E-state index is 11.8. The van der Waals surface area contributed by atoms with Crippen molar-refractivity contribution >= 4 is 17.7 Å². The minimum atomic E-state index is -0.729. The molecule has 1 heterocycles. The van der Waals surface area contributed by atoms with Crippen LogP contribution in [0.3, 0.4) is 0 Å². The van der Waals surface area contributed by atoms with Gasteiger partial charge in [0.05, 0.1) is 19.3 Å². The van der Waals surface area contributed by atoms with E-state index in [1.165, 1.54) is 0 Å². The summed E-state index contributed by atoms with van der Waals surface area (Å²) in [7, 11) is 1.58. The summed E-state index contributed by atoms with van der Waals surface area (Å²) < 4.78 is 5.10. The number of amides is 1. The van der Waals surface area contributed by atoms with Crippen molar-refractivity contribution in [1.29, 1.82) is 0 Å². The number of aliphatic hydroxyl groups is 1. The first kappa shape index (κ1) is 14.2. The lowest BCUT2D eigenvalue weighted by Crippen LogP contribution is -2.43. The van der Waals surface area contributed by atoms with E-state index in [4.69, 9.17) is 4.74 Å². The number of hydrogen-bond acceptors (Lipinski definition) is 5. The van der Waals surface area contributed by atoms with Gasteiger partial charge in [-0.3, -0.25) is 10.1 Å². The number of methoxy groups -OCH3 is 1. The van der Waals surface area contributed by atoms with Crippen molar-refractivity contribution in [2.75, 3.05) is 25.3 Å². The smallest absolute Gasteiger partial charge is 0.238 e. The van der Waals surface area contributed by atoms with E-state index >= 15 is 0 Å². The molecule has 1 fully saturated rings. The van der Waals surface area contributed by atoms with Crippen LogP contribution in [0.25, 0.3) is 0 Å². The summed E-state index contributed by atoms with van der Waals surface area (Å²) in [4.78, 5) is 11.8. The van der Waals surface area contributed by atoms with Crippen molar-refractivity contribution in [2.45, 2.75) is 12.1 Å². The number of benzene rings is 1. The van der Waals surface area contributed by atoms with Gasteiger partial charge < -0.3 is 15.2 Å². The third kappa shape index (κ3) is 3.86. The van der Waals surface area contributed by atoms with E-state index in [-0.39, 0.29) is 18.5 Å². The SMILES string of the molecule is COc1cccc(C(O)CNC(=O)C2CSCN2)c1. The van der Waals surface area contributed by atoms with Crippen LogP contribution < -0.4 is 15.4 Å². The molecule has 19 heavy (non-hydrogen) atoms. The molecule has 0 radical (unpaired) electrons. The number of rotatable bonds is 5. The van der Waals surface area contributed by atoms with Crippen LogP contribution >= 0.6 is 11.8 Å². The van der Waals surface area contributed by atoms with E-state index in [0.717, 1.165) is 17.2 Å². The average Bonchev–Trinajstić information content (AvgIpc) is 2.98. The zero-order valence-electron chi connectivity index (χ0n) is 10.8. The van der Waals surface area contributed by atoms with Crippen LogP contribution in [-0.4, -0.2) is 42.3 Å². The molecule has 0 spiro atoms. The van der Waals surface area contributed by atoms with Crippen molar-refractivity contribution in [3.63, 3.8) is 0 Å². The van der Waals surface area contributed by atoms with Gasteiger partial charge in [0.1, 0.15) is 5.75 Å². The van der Waals surface area contributed by atoms with E-state index in [1.807, 2.05) is 18.2 Å². The van der Waals surface area contributed by atoms with E-state index in [2.05, 4.69) is 10.6 Å². The van der Waals surface area contributed by atoms with Crippen molar-refractivity contribution in [2.24, 2.45) is 0 Å². The Morgan fingerprint density at radius 3 is 3.21 bits per heavy atom. The summed E-state index contributed by atoms with van der Waals surface area (Å²) in [5, 5.41) is 15.9. The monoisotopic (exact) mass is 282 g/mol. The Morgan fingerprint density at radius 1 is 1.68 bits per heavy atom. The Kier molecular flexibility index (Phi) is 5.07. The Hall–Kier alpha value is -1.24. The quantitative estimate of drug-likeness (QED) is 0.734. The fourth-order valence-electron chi connectivity index (χ4n) is 1.85. The van der Waals surface area contributed by atoms with Gasteiger partial charge in [-0.1, -0.05) is 12.1 Å². The van der Waals surface area contributed by atoms with Gasteiger partial charge in [0.2, 0.25) is 5.91 Å². The largest absolute Gasteiger partial charge is 0.497 e. The highest BCUT2D eigenvalue weighted by molar-refractivity contribution is 7.99. The van der Waals surface area contributed by atoms with Crippen molar-refractivity contribution in [3.8, 4) is 5.75 Å². The molecule has 104 valence electrons. The highest BCUT2D eigenvalue weighted by atomic mass is 32.2. The fraction of sp³-hybridized carbons (Fsp3) is 0.462. The van der Waals surface area contributed by atoms with Crippen LogP contribution in [0, 0.1) is 0 Å². The van der Waals surface area contributed by atoms with Crippen molar-refractivity contribution in [3.05, 3.63) is 29.8 Å². The number of nitrogens with one attached hydrogen (secondary N) is 2. The third-order valence-corrected chi connectivity index (χ3v) is 3.92. The number of carbonyl (C=O) groups is 1. The van der Waals surface area contributed by atoms with Crippen LogP contribution in [0.4, 0.5) is 0 Å². The Labute approximate surface area is 116 Å². The molecule has 0 bridgehead atoms. The first-order valence-electron chi connectivity index (χ1n) is 6.11. The first-order valence-corrected chi connectivity index (χ1v) is 7.27. The van der Waals surface area contributed by atoms with E-state index < -0.39 is 6.10 Å². The molecule has 5 nitrogen and oxygen atoms in total. The van der Waals surface area contributed by atoms with Crippen LogP contribution in [0.5, 0.6) is 5.75 Å². The minimum Gasteiger partial charge on any atom is -0.497 e. The van der Waals surface area contributed by atoms with Crippen molar-refractivity contribution < 1.29 is 14.6 Å².